The zero-order chi connectivity index (χ0) is 21.7. The van der Waals surface area contributed by atoms with E-state index in [1.165, 1.54) is 6.07 Å². The fourth-order valence-corrected chi connectivity index (χ4v) is 3.14. The maximum Gasteiger partial charge on any atom is 0.417 e. The molecule has 0 spiro atoms. The van der Waals surface area contributed by atoms with Crippen LogP contribution in [0, 0.1) is 0 Å². The van der Waals surface area contributed by atoms with E-state index in [9.17, 15) is 18.0 Å². The van der Waals surface area contributed by atoms with E-state index in [0.717, 1.165) is 12.3 Å². The van der Waals surface area contributed by atoms with Gasteiger partial charge in [-0.25, -0.2) is 14.8 Å². The van der Waals surface area contributed by atoms with Crippen LogP contribution in [0.3, 0.4) is 0 Å². The van der Waals surface area contributed by atoms with Gasteiger partial charge in [0.15, 0.2) is 0 Å². The number of aromatic nitrogens is 2. The zero-order valence-electron chi connectivity index (χ0n) is 16.7. The molecule has 0 atom stereocenters. The molecule has 2 N–H and O–H groups in total. The monoisotopic (exact) mass is 423 g/mol. The van der Waals surface area contributed by atoms with Gasteiger partial charge in [-0.3, -0.25) is 0 Å². The third-order valence-corrected chi connectivity index (χ3v) is 4.60. The smallest absolute Gasteiger partial charge is 0.417 e. The van der Waals surface area contributed by atoms with Crippen LogP contribution < -0.4 is 20.3 Å². The van der Waals surface area contributed by atoms with Gasteiger partial charge < -0.3 is 20.3 Å². The second-order valence-electron chi connectivity index (χ2n) is 7.29. The summed E-state index contributed by atoms with van der Waals surface area (Å²) in [5, 5.41) is 5.68. The average Bonchev–Trinajstić information content (AvgIpc) is 2.69. The Morgan fingerprint density at radius 2 is 1.93 bits per heavy atom. The van der Waals surface area contributed by atoms with Crippen LogP contribution in [0.2, 0.25) is 0 Å². The van der Waals surface area contributed by atoms with Crippen molar-refractivity contribution in [2.45, 2.75) is 45.0 Å². The number of pyridine rings is 2. The van der Waals surface area contributed by atoms with Gasteiger partial charge >= 0.3 is 12.2 Å². The summed E-state index contributed by atoms with van der Waals surface area (Å²) in [7, 11) is 0. The lowest BCUT2D eigenvalue weighted by molar-refractivity contribution is -0.137. The molecule has 3 rings (SSSR count). The standard InChI is InChI=1S/C20H24F3N5O2/c1-13(2)30-18-16(4-3-9-24-18)27-19(29)26-15-7-10-28(11-8-15)17-6-5-14(12-25-17)20(21,22)23/h3-6,9,12-13,15H,7-8,10-11H2,1-2H3,(H2,26,27,29). The van der Waals surface area contributed by atoms with E-state index in [0.29, 0.717) is 43.3 Å². The largest absolute Gasteiger partial charge is 0.473 e. The predicted octanol–water partition coefficient (Wildman–Crippen LogP) is 4.07. The number of amides is 2. The maximum atomic E-state index is 12.7. The number of rotatable bonds is 5. The number of nitrogens with one attached hydrogen (secondary N) is 2. The Bertz CT molecular complexity index is 850. The molecule has 0 aliphatic carbocycles. The number of alkyl halides is 3. The minimum absolute atomic E-state index is 0.0539. The lowest BCUT2D eigenvalue weighted by Gasteiger charge is -2.33. The fourth-order valence-electron chi connectivity index (χ4n) is 3.14. The van der Waals surface area contributed by atoms with Crippen molar-refractivity contribution in [1.82, 2.24) is 15.3 Å². The SMILES string of the molecule is CC(C)Oc1ncccc1NC(=O)NC1CCN(c2ccc(C(F)(F)F)cn2)CC1. The van der Waals surface area contributed by atoms with Gasteiger partial charge in [0, 0.05) is 31.5 Å². The fraction of sp³-hybridized carbons (Fsp3) is 0.450. The first-order valence-corrected chi connectivity index (χ1v) is 9.70. The molecular weight excluding hydrogens is 399 g/mol. The summed E-state index contributed by atoms with van der Waals surface area (Å²) in [5.74, 6) is 0.850. The Labute approximate surface area is 172 Å². The molecule has 2 amide bonds. The number of carbonyl (C=O) groups is 1. The summed E-state index contributed by atoms with van der Waals surface area (Å²) in [4.78, 5) is 22.3. The highest BCUT2D eigenvalue weighted by atomic mass is 19.4. The number of anilines is 2. The molecule has 3 heterocycles. The van der Waals surface area contributed by atoms with Crippen LogP contribution in [0.25, 0.3) is 0 Å². The van der Waals surface area contributed by atoms with E-state index in [4.69, 9.17) is 4.74 Å². The molecule has 0 saturated carbocycles. The molecule has 1 aliphatic rings. The molecule has 0 bridgehead atoms. The van der Waals surface area contributed by atoms with Crippen molar-refractivity contribution in [1.29, 1.82) is 0 Å². The number of urea groups is 1. The molecule has 30 heavy (non-hydrogen) atoms. The minimum atomic E-state index is -4.40. The van der Waals surface area contributed by atoms with Crippen LogP contribution in [-0.4, -0.2) is 41.2 Å². The average molecular weight is 423 g/mol. The van der Waals surface area contributed by atoms with Gasteiger partial charge in [0.1, 0.15) is 11.5 Å². The van der Waals surface area contributed by atoms with Crippen molar-refractivity contribution in [3.63, 3.8) is 0 Å². The third-order valence-electron chi connectivity index (χ3n) is 4.60. The van der Waals surface area contributed by atoms with Gasteiger partial charge in [-0.05, 0) is 51.0 Å². The quantitative estimate of drug-likeness (QED) is 0.758. The molecule has 0 unspecified atom stereocenters. The van der Waals surface area contributed by atoms with Crippen molar-refractivity contribution in [3.05, 3.63) is 42.2 Å². The molecule has 10 heteroatoms. The zero-order valence-corrected chi connectivity index (χ0v) is 16.7. The molecule has 7 nitrogen and oxygen atoms in total. The summed E-state index contributed by atoms with van der Waals surface area (Å²) in [6.45, 7) is 4.91. The van der Waals surface area contributed by atoms with E-state index in [-0.39, 0.29) is 18.2 Å². The molecule has 2 aromatic rings. The number of ether oxygens (including phenoxy) is 1. The third kappa shape index (κ3) is 5.74. The van der Waals surface area contributed by atoms with Crippen LogP contribution in [0.4, 0.5) is 29.5 Å². The molecule has 1 saturated heterocycles. The van der Waals surface area contributed by atoms with Gasteiger partial charge in [-0.2, -0.15) is 13.2 Å². The molecule has 1 aliphatic heterocycles. The highest BCUT2D eigenvalue weighted by molar-refractivity contribution is 5.90. The Balaban J connectivity index is 1.51. The second kappa shape index (κ2) is 9.19. The Hall–Kier alpha value is -3.04. The maximum absolute atomic E-state index is 12.7. The molecule has 2 aromatic heterocycles. The van der Waals surface area contributed by atoms with Crippen molar-refractivity contribution in [3.8, 4) is 5.88 Å². The number of nitrogens with zero attached hydrogens (tertiary/aromatic N) is 3. The van der Waals surface area contributed by atoms with Crippen LogP contribution in [0.15, 0.2) is 36.7 Å². The first-order chi connectivity index (χ1) is 14.2. The Morgan fingerprint density at radius 1 is 1.20 bits per heavy atom. The summed E-state index contributed by atoms with van der Waals surface area (Å²) in [6.07, 6.45) is -0.739. The van der Waals surface area contributed by atoms with Gasteiger partial charge in [0.05, 0.1) is 11.7 Å². The first kappa shape index (κ1) is 21.7. The normalized spacial score (nSPS) is 15.2. The Morgan fingerprint density at radius 3 is 2.53 bits per heavy atom. The van der Waals surface area contributed by atoms with Crippen LogP contribution in [0.1, 0.15) is 32.3 Å². The van der Waals surface area contributed by atoms with E-state index < -0.39 is 11.7 Å². The number of piperidine rings is 1. The molecular formula is C20H24F3N5O2. The summed E-state index contributed by atoms with van der Waals surface area (Å²) >= 11 is 0. The van der Waals surface area contributed by atoms with E-state index in [1.54, 1.807) is 18.3 Å². The summed E-state index contributed by atoms with van der Waals surface area (Å²) < 4.78 is 43.6. The molecule has 0 radical (unpaired) electrons. The minimum Gasteiger partial charge on any atom is -0.473 e. The summed E-state index contributed by atoms with van der Waals surface area (Å²) in [5.41, 5.74) is -0.286. The number of carbonyl (C=O) groups excluding carboxylic acids is 1. The highest BCUT2D eigenvalue weighted by Gasteiger charge is 2.31. The van der Waals surface area contributed by atoms with Crippen LogP contribution >= 0.6 is 0 Å². The summed E-state index contributed by atoms with van der Waals surface area (Å²) in [6, 6.07) is 5.42. The Kier molecular flexibility index (Phi) is 6.63. The highest BCUT2D eigenvalue weighted by Crippen LogP contribution is 2.30. The van der Waals surface area contributed by atoms with Gasteiger partial charge in [-0.15, -0.1) is 0 Å². The number of halogens is 3. The predicted molar refractivity (Wildman–Crippen MR) is 107 cm³/mol. The van der Waals surface area contributed by atoms with Gasteiger partial charge in [0.25, 0.3) is 0 Å². The van der Waals surface area contributed by atoms with Crippen molar-refractivity contribution >= 4 is 17.5 Å². The second-order valence-corrected chi connectivity index (χ2v) is 7.29. The lowest BCUT2D eigenvalue weighted by Crippen LogP contribution is -2.46. The number of hydrogen-bond acceptors (Lipinski definition) is 5. The lowest BCUT2D eigenvalue weighted by atomic mass is 10.1. The van der Waals surface area contributed by atoms with Crippen molar-refractivity contribution in [2.75, 3.05) is 23.3 Å². The van der Waals surface area contributed by atoms with Crippen molar-refractivity contribution in [2.24, 2.45) is 0 Å². The molecule has 0 aromatic carbocycles. The van der Waals surface area contributed by atoms with Crippen LogP contribution in [0.5, 0.6) is 5.88 Å². The molecule has 1 fully saturated rings. The van der Waals surface area contributed by atoms with Gasteiger partial charge in [-0.1, -0.05) is 0 Å². The van der Waals surface area contributed by atoms with E-state index in [2.05, 4.69) is 20.6 Å². The number of hydrogen-bond donors (Lipinski definition) is 2. The topological polar surface area (TPSA) is 79.4 Å². The van der Waals surface area contributed by atoms with E-state index in [1.807, 2.05) is 18.7 Å². The molecule has 162 valence electrons. The van der Waals surface area contributed by atoms with E-state index >= 15 is 0 Å². The van der Waals surface area contributed by atoms with Gasteiger partial charge in [0.2, 0.25) is 5.88 Å². The first-order valence-electron chi connectivity index (χ1n) is 9.70. The van der Waals surface area contributed by atoms with Crippen LogP contribution in [-0.2, 0) is 6.18 Å². The van der Waals surface area contributed by atoms with Crippen molar-refractivity contribution < 1.29 is 22.7 Å².